The largest absolute Gasteiger partial charge is 0.408 e. The second kappa shape index (κ2) is 10.4. The van der Waals surface area contributed by atoms with Gasteiger partial charge < -0.3 is 5.73 Å². The lowest BCUT2D eigenvalue weighted by atomic mass is 9.95. The highest BCUT2D eigenvalue weighted by Crippen LogP contribution is 2.40. The number of amides is 1. The summed E-state index contributed by atoms with van der Waals surface area (Å²) in [6.45, 7) is 2.95. The summed E-state index contributed by atoms with van der Waals surface area (Å²) in [5.74, 6) is -0.991. The molecule has 4 nitrogen and oxygen atoms in total. The van der Waals surface area contributed by atoms with Crippen molar-refractivity contribution in [3.8, 4) is 17.2 Å². The SMILES string of the molecule is CC(C)C[C@@H](C(N)=O)N(CC#N)[C@@H](c1ccc(-c2ccc(Cl)c(Cl)c2)cc1)C(F)(F)F. The van der Waals surface area contributed by atoms with Crippen LogP contribution in [0.1, 0.15) is 31.9 Å². The molecule has 0 aromatic heterocycles. The minimum absolute atomic E-state index is 0.0930. The summed E-state index contributed by atoms with van der Waals surface area (Å²) in [6, 6.07) is 8.98. The summed E-state index contributed by atoms with van der Waals surface area (Å²) in [4.78, 5) is 12.8. The number of benzene rings is 2. The second-order valence-corrected chi connectivity index (χ2v) is 8.39. The van der Waals surface area contributed by atoms with E-state index in [1.807, 2.05) is 0 Å². The summed E-state index contributed by atoms with van der Waals surface area (Å²) in [5.41, 5.74) is 6.66. The Hall–Kier alpha value is -2.27. The van der Waals surface area contributed by atoms with Gasteiger partial charge >= 0.3 is 6.18 Å². The smallest absolute Gasteiger partial charge is 0.368 e. The number of alkyl halides is 3. The molecule has 0 heterocycles. The Balaban J connectivity index is 2.50. The Labute approximate surface area is 189 Å². The average Bonchev–Trinajstić information content (AvgIpc) is 2.67. The van der Waals surface area contributed by atoms with E-state index in [0.717, 1.165) is 4.90 Å². The first kappa shape index (κ1) is 25.0. The molecule has 2 rings (SSSR count). The van der Waals surface area contributed by atoms with Gasteiger partial charge in [0.15, 0.2) is 0 Å². The van der Waals surface area contributed by atoms with E-state index in [1.165, 1.54) is 24.3 Å². The quantitative estimate of drug-likeness (QED) is 0.480. The predicted octanol–water partition coefficient (Wildman–Crippen LogP) is 5.99. The summed E-state index contributed by atoms with van der Waals surface area (Å²) < 4.78 is 42.4. The molecule has 0 spiro atoms. The summed E-state index contributed by atoms with van der Waals surface area (Å²) >= 11 is 11.9. The van der Waals surface area contributed by atoms with Gasteiger partial charge in [0.25, 0.3) is 0 Å². The van der Waals surface area contributed by atoms with Crippen LogP contribution in [0, 0.1) is 17.2 Å². The predicted molar refractivity (Wildman–Crippen MR) is 115 cm³/mol. The lowest BCUT2D eigenvalue weighted by molar-refractivity contribution is -0.192. The van der Waals surface area contributed by atoms with E-state index in [9.17, 15) is 18.0 Å². The molecule has 1 amide bonds. The minimum Gasteiger partial charge on any atom is -0.368 e. The van der Waals surface area contributed by atoms with Crippen LogP contribution in [0.15, 0.2) is 42.5 Å². The van der Waals surface area contributed by atoms with Crippen LogP contribution in [0.5, 0.6) is 0 Å². The molecule has 2 aromatic rings. The molecule has 2 atom stereocenters. The molecule has 0 fully saturated rings. The standard InChI is InChI=1S/C22H22Cl2F3N3O/c1-13(2)11-19(21(29)31)30(10-9-28)20(22(25,26)27)15-5-3-14(4-6-15)16-7-8-17(23)18(24)12-16/h3-8,12-13,19-20H,10-11H2,1-2H3,(H2,29,31)/t19-,20-/m0/s1. The molecule has 0 saturated heterocycles. The number of hydrogen-bond acceptors (Lipinski definition) is 3. The maximum absolute atomic E-state index is 14.1. The van der Waals surface area contributed by atoms with Gasteiger partial charge in [0.05, 0.1) is 28.7 Å². The monoisotopic (exact) mass is 471 g/mol. The highest BCUT2D eigenvalue weighted by molar-refractivity contribution is 6.42. The minimum atomic E-state index is -4.73. The first-order valence-electron chi connectivity index (χ1n) is 9.49. The molecule has 9 heteroatoms. The Kier molecular flexibility index (Phi) is 8.35. The van der Waals surface area contributed by atoms with E-state index < -0.39 is 30.7 Å². The van der Waals surface area contributed by atoms with Crippen molar-refractivity contribution >= 4 is 29.1 Å². The molecule has 0 aliphatic heterocycles. The molecule has 0 unspecified atom stereocenters. The normalized spacial score (nSPS) is 13.8. The lowest BCUT2D eigenvalue weighted by Gasteiger charge is -2.37. The van der Waals surface area contributed by atoms with E-state index in [1.54, 1.807) is 38.1 Å². The lowest BCUT2D eigenvalue weighted by Crippen LogP contribution is -2.51. The molecule has 0 aliphatic carbocycles. The van der Waals surface area contributed by atoms with Crippen molar-refractivity contribution in [2.45, 2.75) is 38.5 Å². The zero-order valence-electron chi connectivity index (χ0n) is 17.0. The van der Waals surface area contributed by atoms with Crippen LogP contribution in [0.25, 0.3) is 11.1 Å². The van der Waals surface area contributed by atoms with Gasteiger partial charge in [-0.3, -0.25) is 9.69 Å². The van der Waals surface area contributed by atoms with Gasteiger partial charge in [-0.15, -0.1) is 0 Å². The topological polar surface area (TPSA) is 70.1 Å². The van der Waals surface area contributed by atoms with Crippen molar-refractivity contribution in [3.63, 3.8) is 0 Å². The van der Waals surface area contributed by atoms with Crippen molar-refractivity contribution < 1.29 is 18.0 Å². The van der Waals surface area contributed by atoms with Crippen LogP contribution in [0.3, 0.4) is 0 Å². The van der Waals surface area contributed by atoms with Crippen LogP contribution in [0.4, 0.5) is 13.2 Å². The highest BCUT2D eigenvalue weighted by atomic mass is 35.5. The number of rotatable bonds is 8. The molecule has 0 radical (unpaired) electrons. The first-order valence-corrected chi connectivity index (χ1v) is 10.3. The first-order chi connectivity index (χ1) is 14.5. The molecule has 0 aliphatic rings. The zero-order valence-corrected chi connectivity index (χ0v) is 18.5. The number of hydrogen-bond donors (Lipinski definition) is 1. The molecule has 166 valence electrons. The maximum atomic E-state index is 14.1. The van der Waals surface area contributed by atoms with Gasteiger partial charge in [-0.2, -0.15) is 18.4 Å². The molecular weight excluding hydrogens is 450 g/mol. The van der Waals surface area contributed by atoms with Crippen molar-refractivity contribution in [1.82, 2.24) is 4.90 Å². The molecule has 0 bridgehead atoms. The summed E-state index contributed by atoms with van der Waals surface area (Å²) in [6.07, 6.45) is -4.63. The number of nitrogens with zero attached hydrogens (tertiary/aromatic N) is 2. The summed E-state index contributed by atoms with van der Waals surface area (Å²) in [7, 11) is 0. The molecular formula is C22H22Cl2F3N3O. The molecule has 2 N–H and O–H groups in total. The Morgan fingerprint density at radius 2 is 1.68 bits per heavy atom. The third-order valence-corrected chi connectivity index (χ3v) is 5.54. The third-order valence-electron chi connectivity index (χ3n) is 4.80. The van der Waals surface area contributed by atoms with Crippen LogP contribution >= 0.6 is 23.2 Å². The van der Waals surface area contributed by atoms with Crippen molar-refractivity contribution in [2.75, 3.05) is 6.54 Å². The van der Waals surface area contributed by atoms with Gasteiger partial charge in [-0.25, -0.2) is 0 Å². The van der Waals surface area contributed by atoms with E-state index in [-0.39, 0.29) is 17.9 Å². The van der Waals surface area contributed by atoms with Crippen LogP contribution in [-0.4, -0.2) is 29.6 Å². The van der Waals surface area contributed by atoms with Gasteiger partial charge in [0, 0.05) is 0 Å². The number of halogens is 5. The van der Waals surface area contributed by atoms with Gasteiger partial charge in [0.1, 0.15) is 6.04 Å². The van der Waals surface area contributed by atoms with Gasteiger partial charge in [-0.05, 0) is 41.2 Å². The number of carbonyl (C=O) groups excluding carboxylic acids is 1. The molecule has 0 saturated carbocycles. The van der Waals surface area contributed by atoms with E-state index >= 15 is 0 Å². The van der Waals surface area contributed by atoms with Crippen LogP contribution in [-0.2, 0) is 4.79 Å². The molecule has 31 heavy (non-hydrogen) atoms. The Bertz CT molecular complexity index is 956. The second-order valence-electron chi connectivity index (χ2n) is 7.57. The fraction of sp³-hybridized carbons (Fsp3) is 0.364. The van der Waals surface area contributed by atoms with Crippen LogP contribution < -0.4 is 5.73 Å². The summed E-state index contributed by atoms with van der Waals surface area (Å²) in [5, 5.41) is 9.87. The van der Waals surface area contributed by atoms with Gasteiger partial charge in [0.2, 0.25) is 5.91 Å². The maximum Gasteiger partial charge on any atom is 0.408 e. The fourth-order valence-corrected chi connectivity index (χ4v) is 3.72. The molecule has 2 aromatic carbocycles. The van der Waals surface area contributed by atoms with Gasteiger partial charge in [-0.1, -0.05) is 67.4 Å². The fourth-order valence-electron chi connectivity index (χ4n) is 3.43. The number of nitrogens with two attached hydrogens (primary N) is 1. The van der Waals surface area contributed by atoms with Crippen molar-refractivity contribution in [2.24, 2.45) is 11.7 Å². The highest BCUT2D eigenvalue weighted by Gasteiger charge is 2.47. The Morgan fingerprint density at radius 3 is 2.13 bits per heavy atom. The van der Waals surface area contributed by atoms with Crippen molar-refractivity contribution in [3.05, 3.63) is 58.1 Å². The average molecular weight is 472 g/mol. The number of primary amides is 1. The van der Waals surface area contributed by atoms with Crippen LogP contribution in [0.2, 0.25) is 10.0 Å². The Morgan fingerprint density at radius 1 is 1.10 bits per heavy atom. The number of nitriles is 1. The van der Waals surface area contributed by atoms with Crippen molar-refractivity contribution in [1.29, 1.82) is 5.26 Å². The number of carbonyl (C=O) groups is 1. The van der Waals surface area contributed by atoms with E-state index in [2.05, 4.69) is 0 Å². The van der Waals surface area contributed by atoms with E-state index in [0.29, 0.717) is 21.2 Å². The van der Waals surface area contributed by atoms with E-state index in [4.69, 9.17) is 34.2 Å². The zero-order chi connectivity index (χ0) is 23.3. The third kappa shape index (κ3) is 6.36.